The molecule has 19 nitrogen and oxygen atoms in total. The fraction of sp³-hybridized carbons (Fsp3) is 1.00. The van der Waals surface area contributed by atoms with Gasteiger partial charge in [0.1, 0.15) is 61.0 Å². The number of rotatable bonds is 6. The molecular formula is C18H37N3O16S. The summed E-state index contributed by atoms with van der Waals surface area (Å²) in [5, 5.41) is 80.0. The van der Waals surface area contributed by atoms with Crippen molar-refractivity contribution in [3.63, 3.8) is 0 Å². The van der Waals surface area contributed by atoms with E-state index in [0.29, 0.717) is 0 Å². The smallest absolute Gasteiger partial charge is 0.394 e. The lowest BCUT2D eigenvalue weighted by molar-refractivity contribution is -0.335. The molecule has 2 saturated heterocycles. The van der Waals surface area contributed by atoms with Crippen molar-refractivity contribution in [3.05, 3.63) is 0 Å². The monoisotopic (exact) mass is 583 g/mol. The summed E-state index contributed by atoms with van der Waals surface area (Å²) in [7, 11) is -4.67. The number of hydrogen-bond donors (Lipinski definition) is 13. The Morgan fingerprint density at radius 3 is 1.47 bits per heavy atom. The number of nitrogens with two attached hydrogens (primary N) is 3. The molecule has 0 aromatic rings. The van der Waals surface area contributed by atoms with Gasteiger partial charge in [-0.3, -0.25) is 9.11 Å². The summed E-state index contributed by atoms with van der Waals surface area (Å²) in [5.41, 5.74) is 17.9. The molecule has 3 aliphatic rings. The second-order valence-electron chi connectivity index (χ2n) is 9.18. The molecule has 16 N–H and O–H groups in total. The number of hydrogen-bond acceptors (Lipinski definition) is 17. The molecule has 3 rings (SSSR count). The van der Waals surface area contributed by atoms with Gasteiger partial charge in [0, 0.05) is 12.1 Å². The molecule has 2 heterocycles. The minimum atomic E-state index is -4.67. The Morgan fingerprint density at radius 1 is 0.658 bits per heavy atom. The van der Waals surface area contributed by atoms with Crippen molar-refractivity contribution >= 4 is 10.4 Å². The van der Waals surface area contributed by atoms with Gasteiger partial charge in [-0.05, 0) is 6.42 Å². The SMILES string of the molecule is NC1[C@H](O)C(CO)O[C@H](OC2[C@H](N)CC(N)[C@@H](O[C@@H]3OC(CO)[C@@H](O)[C@H](O)C3O)[C@@H]2O)[C@@H]1O.O=S(=O)(O)O. The lowest BCUT2D eigenvalue weighted by Crippen LogP contribution is -2.68. The molecule has 1 aliphatic carbocycles. The van der Waals surface area contributed by atoms with Crippen LogP contribution in [-0.2, 0) is 29.3 Å². The highest BCUT2D eigenvalue weighted by atomic mass is 32.3. The van der Waals surface area contributed by atoms with Crippen molar-refractivity contribution in [1.29, 1.82) is 0 Å². The van der Waals surface area contributed by atoms with Gasteiger partial charge in [-0.15, -0.1) is 0 Å². The normalized spacial score (nSPS) is 48.2. The minimum absolute atomic E-state index is 0.0603. The van der Waals surface area contributed by atoms with Crippen molar-refractivity contribution in [2.45, 2.75) is 98.2 Å². The van der Waals surface area contributed by atoms with Crippen molar-refractivity contribution in [1.82, 2.24) is 0 Å². The molecule has 226 valence electrons. The lowest BCUT2D eigenvalue weighted by atomic mass is 9.84. The van der Waals surface area contributed by atoms with E-state index in [1.807, 2.05) is 0 Å². The molecule has 0 spiro atoms. The van der Waals surface area contributed by atoms with Crippen molar-refractivity contribution < 1.29 is 77.3 Å². The molecule has 1 saturated carbocycles. The summed E-state index contributed by atoms with van der Waals surface area (Å²) in [6, 6.07) is -2.92. The lowest BCUT2D eigenvalue weighted by Gasteiger charge is -2.48. The van der Waals surface area contributed by atoms with Gasteiger partial charge in [-0.2, -0.15) is 8.42 Å². The van der Waals surface area contributed by atoms with Gasteiger partial charge in [0.25, 0.3) is 0 Å². The van der Waals surface area contributed by atoms with Gasteiger partial charge in [-0.1, -0.05) is 0 Å². The van der Waals surface area contributed by atoms with Crippen LogP contribution in [0.2, 0.25) is 0 Å². The highest BCUT2D eigenvalue weighted by Crippen LogP contribution is 2.31. The summed E-state index contributed by atoms with van der Waals surface area (Å²) in [6.45, 7) is -1.27. The first-order chi connectivity index (χ1) is 17.5. The third kappa shape index (κ3) is 8.15. The van der Waals surface area contributed by atoms with Crippen LogP contribution in [0.25, 0.3) is 0 Å². The highest BCUT2D eigenvalue weighted by molar-refractivity contribution is 7.79. The topological polar surface area (TPSA) is 351 Å². The molecule has 6 unspecified atom stereocenters. The summed E-state index contributed by atoms with van der Waals surface area (Å²) < 4.78 is 53.6. The predicted molar refractivity (Wildman–Crippen MR) is 120 cm³/mol. The zero-order valence-corrected chi connectivity index (χ0v) is 20.7. The molecule has 0 aromatic heterocycles. The van der Waals surface area contributed by atoms with Crippen LogP contribution in [0.15, 0.2) is 0 Å². The van der Waals surface area contributed by atoms with Crippen molar-refractivity contribution in [2.24, 2.45) is 17.2 Å². The van der Waals surface area contributed by atoms with Gasteiger partial charge in [0.2, 0.25) is 0 Å². The van der Waals surface area contributed by atoms with Gasteiger partial charge < -0.3 is 77.0 Å². The van der Waals surface area contributed by atoms with E-state index >= 15 is 0 Å². The molecule has 0 amide bonds. The Hall–Kier alpha value is -0.730. The zero-order valence-electron chi connectivity index (χ0n) is 19.8. The van der Waals surface area contributed by atoms with Crippen LogP contribution in [0.1, 0.15) is 6.42 Å². The van der Waals surface area contributed by atoms with E-state index in [9.17, 15) is 40.9 Å². The molecular weight excluding hydrogens is 546 g/mol. The Morgan fingerprint density at radius 2 is 1.05 bits per heavy atom. The van der Waals surface area contributed by atoms with E-state index in [0.717, 1.165) is 0 Å². The summed E-state index contributed by atoms with van der Waals surface area (Å²) in [6.07, 6.45) is -17.2. The van der Waals surface area contributed by atoms with E-state index in [1.54, 1.807) is 0 Å². The Bertz CT molecular complexity index is 780. The maximum Gasteiger partial charge on any atom is 0.394 e. The first-order valence-corrected chi connectivity index (χ1v) is 12.8. The van der Waals surface area contributed by atoms with Crippen LogP contribution in [0, 0.1) is 0 Å². The zero-order chi connectivity index (χ0) is 29.1. The minimum Gasteiger partial charge on any atom is -0.394 e. The van der Waals surface area contributed by atoms with Crippen molar-refractivity contribution in [3.8, 4) is 0 Å². The van der Waals surface area contributed by atoms with Gasteiger partial charge in [0.05, 0.1) is 19.3 Å². The predicted octanol–water partition coefficient (Wildman–Crippen LogP) is -7.91. The highest BCUT2D eigenvalue weighted by Gasteiger charge is 2.51. The summed E-state index contributed by atoms with van der Waals surface area (Å²) in [4.78, 5) is 0. The number of aliphatic hydroxyl groups excluding tert-OH is 8. The quantitative estimate of drug-likeness (QED) is 0.129. The molecule has 0 bridgehead atoms. The molecule has 15 atom stereocenters. The maximum atomic E-state index is 10.9. The Kier molecular flexibility index (Phi) is 12.1. The largest absolute Gasteiger partial charge is 0.394 e. The first kappa shape index (κ1) is 33.5. The fourth-order valence-electron chi connectivity index (χ4n) is 4.36. The van der Waals surface area contributed by atoms with Crippen LogP contribution in [-0.4, -0.2) is 163 Å². The van der Waals surface area contributed by atoms with Crippen molar-refractivity contribution in [2.75, 3.05) is 13.2 Å². The van der Waals surface area contributed by atoms with Crippen LogP contribution in [0.3, 0.4) is 0 Å². The summed E-state index contributed by atoms with van der Waals surface area (Å²) >= 11 is 0. The maximum absolute atomic E-state index is 10.9. The number of aliphatic hydroxyl groups is 8. The molecule has 2 aliphatic heterocycles. The van der Waals surface area contributed by atoms with Gasteiger partial charge in [-0.25, -0.2) is 0 Å². The van der Waals surface area contributed by atoms with E-state index in [1.165, 1.54) is 0 Å². The van der Waals surface area contributed by atoms with Crippen LogP contribution in [0.4, 0.5) is 0 Å². The van der Waals surface area contributed by atoms with E-state index in [4.69, 9.17) is 53.7 Å². The first-order valence-electron chi connectivity index (χ1n) is 11.4. The molecule has 3 fully saturated rings. The molecule has 0 radical (unpaired) electrons. The molecule has 20 heteroatoms. The van der Waals surface area contributed by atoms with E-state index in [2.05, 4.69) is 0 Å². The standard InChI is InChI=1S/C18H35N3O12.H2O4S/c19-4-1-5(20)16(33-18-13(28)12(27)10(25)7(3-23)31-18)14(29)15(4)32-17-11(26)8(21)9(24)6(2-22)30-17;1-5(2,3)4/h4-18,22-29H,1-3,19-21H2;(H2,1,2,3,4)/t4-,5?,6?,7?,8?,9-,10-,11-,12+,13?,14-,15?,16-,17-,18+;/m1./s1. The van der Waals surface area contributed by atoms with Gasteiger partial charge >= 0.3 is 10.4 Å². The Labute approximate surface area is 216 Å². The second-order valence-corrected chi connectivity index (χ2v) is 10.1. The average molecular weight is 584 g/mol. The third-order valence-corrected chi connectivity index (χ3v) is 6.43. The fourth-order valence-corrected chi connectivity index (χ4v) is 4.36. The van der Waals surface area contributed by atoms with Gasteiger partial charge in [0.15, 0.2) is 12.6 Å². The second kappa shape index (κ2) is 13.8. The van der Waals surface area contributed by atoms with E-state index < -0.39 is 115 Å². The number of ether oxygens (including phenoxy) is 4. The Balaban J connectivity index is 0.000000926. The third-order valence-electron chi connectivity index (χ3n) is 6.43. The summed E-state index contributed by atoms with van der Waals surface area (Å²) in [5.74, 6) is 0. The molecule has 38 heavy (non-hydrogen) atoms. The van der Waals surface area contributed by atoms with Crippen LogP contribution in [0.5, 0.6) is 0 Å². The van der Waals surface area contributed by atoms with Crippen LogP contribution >= 0.6 is 0 Å². The average Bonchev–Trinajstić information content (AvgIpc) is 2.83. The molecule has 0 aromatic carbocycles. The van der Waals surface area contributed by atoms with Crippen LogP contribution < -0.4 is 17.2 Å². The van der Waals surface area contributed by atoms with E-state index in [-0.39, 0.29) is 6.42 Å².